The van der Waals surface area contributed by atoms with Crippen molar-refractivity contribution in [3.05, 3.63) is 41.8 Å². The van der Waals surface area contributed by atoms with Crippen molar-refractivity contribution in [1.29, 1.82) is 0 Å². The van der Waals surface area contributed by atoms with Gasteiger partial charge in [-0.3, -0.25) is 4.79 Å². The highest BCUT2D eigenvalue weighted by Crippen LogP contribution is 2.19. The van der Waals surface area contributed by atoms with Gasteiger partial charge in [-0.05, 0) is 30.2 Å². The van der Waals surface area contributed by atoms with Crippen molar-refractivity contribution < 1.29 is 9.18 Å². The molecule has 1 aromatic carbocycles. The largest absolute Gasteiger partial charge is 0.383 e. The van der Waals surface area contributed by atoms with Crippen LogP contribution in [0.25, 0.3) is 5.57 Å². The Hall–Kier alpha value is -1.64. The molecule has 0 aliphatic carbocycles. The van der Waals surface area contributed by atoms with Crippen LogP contribution in [0.3, 0.4) is 0 Å². The molecule has 0 fully saturated rings. The highest BCUT2D eigenvalue weighted by molar-refractivity contribution is 5.88. The monoisotopic (exact) mass is 221 g/mol. The van der Waals surface area contributed by atoms with Crippen LogP contribution in [0.2, 0.25) is 0 Å². The summed E-state index contributed by atoms with van der Waals surface area (Å²) < 4.78 is 12.8. The van der Waals surface area contributed by atoms with E-state index in [1.54, 1.807) is 19.1 Å². The maximum Gasteiger partial charge on any atom is 0.134 e. The van der Waals surface area contributed by atoms with Crippen molar-refractivity contribution in [2.75, 3.05) is 14.1 Å². The van der Waals surface area contributed by atoms with Crippen LogP contribution in [-0.2, 0) is 4.79 Å². The van der Waals surface area contributed by atoms with Crippen LogP contribution in [-0.4, -0.2) is 24.8 Å². The first-order valence-electron chi connectivity index (χ1n) is 5.11. The molecule has 0 amide bonds. The van der Waals surface area contributed by atoms with Crippen molar-refractivity contribution >= 4 is 11.4 Å². The second kappa shape index (κ2) is 5.45. The van der Waals surface area contributed by atoms with Gasteiger partial charge in [0.15, 0.2) is 0 Å². The standard InChI is InChI=1S/C13H16FNO/c1-10(16)8-12(9-15(2)3)11-4-6-13(14)7-5-11/h4-7,9H,8H2,1-3H3/b12-9-. The van der Waals surface area contributed by atoms with E-state index in [0.717, 1.165) is 11.1 Å². The molecule has 0 unspecified atom stereocenters. The van der Waals surface area contributed by atoms with Crippen molar-refractivity contribution in [3.63, 3.8) is 0 Å². The third-order valence-corrected chi connectivity index (χ3v) is 2.07. The highest BCUT2D eigenvalue weighted by atomic mass is 19.1. The first-order chi connectivity index (χ1) is 7.49. The Morgan fingerprint density at radius 1 is 1.31 bits per heavy atom. The van der Waals surface area contributed by atoms with E-state index >= 15 is 0 Å². The van der Waals surface area contributed by atoms with Crippen LogP contribution < -0.4 is 0 Å². The third-order valence-electron chi connectivity index (χ3n) is 2.07. The molecule has 0 heterocycles. The van der Waals surface area contributed by atoms with Crippen molar-refractivity contribution in [2.24, 2.45) is 0 Å². The van der Waals surface area contributed by atoms with Crippen LogP contribution in [0.1, 0.15) is 18.9 Å². The molecule has 0 aliphatic rings. The molecule has 1 aromatic rings. The smallest absolute Gasteiger partial charge is 0.134 e. The second-order valence-corrected chi connectivity index (χ2v) is 4.00. The minimum atomic E-state index is -0.268. The summed E-state index contributed by atoms with van der Waals surface area (Å²) >= 11 is 0. The number of hydrogen-bond donors (Lipinski definition) is 0. The molecule has 0 N–H and O–H groups in total. The van der Waals surface area contributed by atoms with E-state index in [1.807, 2.05) is 25.2 Å². The average molecular weight is 221 g/mol. The quantitative estimate of drug-likeness (QED) is 0.779. The molecule has 0 aliphatic heterocycles. The van der Waals surface area contributed by atoms with Gasteiger partial charge < -0.3 is 4.90 Å². The number of Topliss-reactive ketones (excluding diaryl/α,β-unsaturated/α-hetero) is 1. The number of hydrogen-bond acceptors (Lipinski definition) is 2. The summed E-state index contributed by atoms with van der Waals surface area (Å²) in [6.45, 7) is 1.55. The predicted octanol–water partition coefficient (Wildman–Crippen LogP) is 2.71. The fourth-order valence-electron chi connectivity index (χ4n) is 1.47. The summed E-state index contributed by atoms with van der Waals surface area (Å²) in [6.07, 6.45) is 2.25. The Balaban J connectivity index is 3.01. The molecule has 0 saturated heterocycles. The summed E-state index contributed by atoms with van der Waals surface area (Å²) in [4.78, 5) is 13.0. The predicted molar refractivity (Wildman–Crippen MR) is 63.4 cm³/mol. The van der Waals surface area contributed by atoms with Crippen LogP contribution in [0, 0.1) is 5.82 Å². The number of halogens is 1. The highest BCUT2D eigenvalue weighted by Gasteiger charge is 2.05. The van der Waals surface area contributed by atoms with E-state index in [4.69, 9.17) is 0 Å². The van der Waals surface area contributed by atoms with Crippen molar-refractivity contribution in [1.82, 2.24) is 4.90 Å². The average Bonchev–Trinajstić information content (AvgIpc) is 2.16. The molecule has 0 radical (unpaired) electrons. The number of carbonyl (C=O) groups excluding carboxylic acids is 1. The van der Waals surface area contributed by atoms with Gasteiger partial charge in [-0.2, -0.15) is 0 Å². The minimum Gasteiger partial charge on any atom is -0.383 e. The Bertz CT molecular complexity index is 393. The van der Waals surface area contributed by atoms with E-state index in [0.29, 0.717) is 6.42 Å². The molecule has 3 heteroatoms. The van der Waals surface area contributed by atoms with Gasteiger partial charge in [0.25, 0.3) is 0 Å². The van der Waals surface area contributed by atoms with E-state index in [9.17, 15) is 9.18 Å². The van der Waals surface area contributed by atoms with E-state index < -0.39 is 0 Å². The van der Waals surface area contributed by atoms with Gasteiger partial charge in [-0.25, -0.2) is 4.39 Å². The van der Waals surface area contributed by atoms with Crippen LogP contribution in [0.15, 0.2) is 30.5 Å². The zero-order chi connectivity index (χ0) is 12.1. The molecule has 0 aromatic heterocycles. The number of rotatable bonds is 4. The lowest BCUT2D eigenvalue weighted by atomic mass is 10.0. The molecule has 0 atom stereocenters. The van der Waals surface area contributed by atoms with Gasteiger partial charge in [-0.15, -0.1) is 0 Å². The Morgan fingerprint density at radius 3 is 2.31 bits per heavy atom. The molecule has 16 heavy (non-hydrogen) atoms. The zero-order valence-corrected chi connectivity index (χ0v) is 9.83. The first-order valence-corrected chi connectivity index (χ1v) is 5.11. The second-order valence-electron chi connectivity index (χ2n) is 4.00. The number of ketones is 1. The van der Waals surface area contributed by atoms with Crippen LogP contribution in [0.4, 0.5) is 4.39 Å². The Kier molecular flexibility index (Phi) is 4.23. The number of carbonyl (C=O) groups is 1. The molecular formula is C13H16FNO. The summed E-state index contributed by atoms with van der Waals surface area (Å²) in [5, 5.41) is 0. The van der Waals surface area contributed by atoms with Gasteiger partial charge in [0, 0.05) is 26.7 Å². The van der Waals surface area contributed by atoms with Crippen LogP contribution in [0.5, 0.6) is 0 Å². The van der Waals surface area contributed by atoms with E-state index in [-0.39, 0.29) is 11.6 Å². The molecule has 1 rings (SSSR count). The molecular weight excluding hydrogens is 205 g/mol. The van der Waals surface area contributed by atoms with Crippen LogP contribution >= 0.6 is 0 Å². The Labute approximate surface area is 95.4 Å². The summed E-state index contributed by atoms with van der Waals surface area (Å²) in [5.74, 6) is -0.173. The maximum atomic E-state index is 12.8. The summed E-state index contributed by atoms with van der Waals surface area (Å²) in [7, 11) is 3.79. The van der Waals surface area contributed by atoms with Gasteiger partial charge >= 0.3 is 0 Å². The number of allylic oxidation sites excluding steroid dienone is 1. The fraction of sp³-hybridized carbons (Fsp3) is 0.308. The molecule has 2 nitrogen and oxygen atoms in total. The van der Waals surface area contributed by atoms with Gasteiger partial charge in [0.1, 0.15) is 11.6 Å². The topological polar surface area (TPSA) is 20.3 Å². The SMILES string of the molecule is CC(=O)C/C(=C/N(C)C)c1ccc(F)cc1. The maximum absolute atomic E-state index is 12.8. The summed E-state index contributed by atoms with van der Waals surface area (Å²) in [6, 6.07) is 6.18. The zero-order valence-electron chi connectivity index (χ0n) is 9.83. The summed E-state index contributed by atoms with van der Waals surface area (Å²) in [5.41, 5.74) is 1.78. The number of benzene rings is 1. The molecule has 0 spiro atoms. The van der Waals surface area contributed by atoms with E-state index in [2.05, 4.69) is 0 Å². The number of nitrogens with zero attached hydrogens (tertiary/aromatic N) is 1. The molecule has 0 saturated carbocycles. The van der Waals surface area contributed by atoms with Crippen molar-refractivity contribution in [3.8, 4) is 0 Å². The normalized spacial score (nSPS) is 11.4. The van der Waals surface area contributed by atoms with Gasteiger partial charge in [-0.1, -0.05) is 12.1 Å². The Morgan fingerprint density at radius 2 is 1.88 bits per heavy atom. The fourth-order valence-corrected chi connectivity index (χ4v) is 1.47. The lowest BCUT2D eigenvalue weighted by molar-refractivity contribution is -0.116. The lowest BCUT2D eigenvalue weighted by Gasteiger charge is -2.11. The molecule has 0 bridgehead atoms. The first kappa shape index (κ1) is 12.4. The minimum absolute atomic E-state index is 0.0948. The van der Waals surface area contributed by atoms with E-state index in [1.165, 1.54) is 12.1 Å². The third kappa shape index (κ3) is 3.85. The molecule has 86 valence electrons. The van der Waals surface area contributed by atoms with Gasteiger partial charge in [0.2, 0.25) is 0 Å². The van der Waals surface area contributed by atoms with Crippen molar-refractivity contribution in [2.45, 2.75) is 13.3 Å². The van der Waals surface area contributed by atoms with Gasteiger partial charge in [0.05, 0.1) is 0 Å². The lowest BCUT2D eigenvalue weighted by Crippen LogP contribution is -2.04.